The molecule has 0 fully saturated rings. The number of hydrogen-bond donors (Lipinski definition) is 1. The fourth-order valence-corrected chi connectivity index (χ4v) is 6.06. The number of phosphoric acid groups is 1. The summed E-state index contributed by atoms with van der Waals surface area (Å²) in [6.07, 6.45) is 55.6. The van der Waals surface area contributed by atoms with Gasteiger partial charge in [0, 0.05) is 12.8 Å². The van der Waals surface area contributed by atoms with Crippen molar-refractivity contribution in [2.45, 2.75) is 148 Å². The summed E-state index contributed by atoms with van der Waals surface area (Å²) in [4.78, 5) is 35.4. The lowest BCUT2D eigenvalue weighted by molar-refractivity contribution is -0.870. The summed E-state index contributed by atoms with van der Waals surface area (Å²) in [5.41, 5.74) is 0. The molecule has 340 valence electrons. The van der Waals surface area contributed by atoms with Crippen LogP contribution in [0.4, 0.5) is 0 Å². The van der Waals surface area contributed by atoms with Crippen LogP contribution >= 0.6 is 7.82 Å². The summed E-state index contributed by atoms with van der Waals surface area (Å²) in [5.74, 6) is -0.877. The molecular formula is C50H83NO8P+. The summed E-state index contributed by atoms with van der Waals surface area (Å²) in [5, 5.41) is 0. The first-order valence-electron chi connectivity index (χ1n) is 22.6. The second-order valence-corrected chi connectivity index (χ2v) is 17.1. The topological polar surface area (TPSA) is 108 Å². The Morgan fingerprint density at radius 2 is 0.900 bits per heavy atom. The zero-order chi connectivity index (χ0) is 44.3. The van der Waals surface area contributed by atoms with Crippen molar-refractivity contribution < 1.29 is 42.1 Å². The van der Waals surface area contributed by atoms with Gasteiger partial charge in [-0.2, -0.15) is 0 Å². The number of likely N-dealkylation sites (N-methyl/N-ethyl adjacent to an activating group) is 1. The number of quaternary nitrogens is 1. The van der Waals surface area contributed by atoms with E-state index < -0.39 is 32.5 Å². The lowest BCUT2D eigenvalue weighted by Gasteiger charge is -2.24. The highest BCUT2D eigenvalue weighted by Gasteiger charge is 2.27. The molecule has 0 aromatic carbocycles. The average Bonchev–Trinajstić information content (AvgIpc) is 3.20. The summed E-state index contributed by atoms with van der Waals surface area (Å²) < 4.78 is 34.3. The van der Waals surface area contributed by atoms with Crippen LogP contribution in [-0.4, -0.2) is 74.9 Å². The summed E-state index contributed by atoms with van der Waals surface area (Å²) in [6, 6.07) is 0. The molecule has 0 aliphatic rings. The van der Waals surface area contributed by atoms with Crippen molar-refractivity contribution in [1.29, 1.82) is 0 Å². The van der Waals surface area contributed by atoms with Crippen LogP contribution in [0, 0.1) is 0 Å². The summed E-state index contributed by atoms with van der Waals surface area (Å²) in [7, 11) is 1.42. The van der Waals surface area contributed by atoms with Gasteiger partial charge in [0.2, 0.25) is 0 Å². The maximum absolute atomic E-state index is 12.7. The molecule has 1 N–H and O–H groups in total. The minimum Gasteiger partial charge on any atom is -0.462 e. The molecule has 1 unspecified atom stereocenters. The van der Waals surface area contributed by atoms with E-state index in [1.54, 1.807) is 0 Å². The normalized spacial score (nSPS) is 14.6. The number of carbonyl (C=O) groups excluding carboxylic acids is 2. The Morgan fingerprint density at radius 1 is 0.517 bits per heavy atom. The number of nitrogens with zero attached hydrogens (tertiary/aromatic N) is 1. The van der Waals surface area contributed by atoms with Crippen LogP contribution in [-0.2, 0) is 32.7 Å². The highest BCUT2D eigenvalue weighted by Crippen LogP contribution is 2.43. The Hall–Kier alpha value is -3.33. The monoisotopic (exact) mass is 857 g/mol. The third-order valence-electron chi connectivity index (χ3n) is 8.80. The lowest BCUT2D eigenvalue weighted by Crippen LogP contribution is -2.37. The van der Waals surface area contributed by atoms with E-state index in [4.69, 9.17) is 18.5 Å². The number of hydrogen-bond acceptors (Lipinski definition) is 7. The Kier molecular flexibility index (Phi) is 38.8. The fourth-order valence-electron chi connectivity index (χ4n) is 5.32. The van der Waals surface area contributed by atoms with E-state index in [0.717, 1.165) is 103 Å². The van der Waals surface area contributed by atoms with E-state index in [-0.39, 0.29) is 26.1 Å². The van der Waals surface area contributed by atoms with Crippen molar-refractivity contribution in [3.05, 3.63) is 109 Å². The maximum Gasteiger partial charge on any atom is 0.472 e. The van der Waals surface area contributed by atoms with Gasteiger partial charge in [0.25, 0.3) is 0 Å². The minimum absolute atomic E-state index is 0.0137. The van der Waals surface area contributed by atoms with E-state index in [9.17, 15) is 19.0 Å². The SMILES string of the molecule is CC/C=C\C/C=C\C/C=C\C/C=C\C/C=C\CCCCCC(=O)O[C@H](COC(=O)CCCCCC/C=C\C/C=C\C/C=C\C/C=C\CC)COP(=O)(O)OCC[N+](C)(C)C. The summed E-state index contributed by atoms with van der Waals surface area (Å²) in [6.45, 7) is 4.09. The largest absolute Gasteiger partial charge is 0.472 e. The van der Waals surface area contributed by atoms with E-state index in [0.29, 0.717) is 23.9 Å². The Morgan fingerprint density at radius 3 is 1.33 bits per heavy atom. The lowest BCUT2D eigenvalue weighted by atomic mass is 10.1. The Labute approximate surface area is 366 Å². The number of allylic oxidation sites excluding steroid dienone is 18. The average molecular weight is 857 g/mol. The summed E-state index contributed by atoms with van der Waals surface area (Å²) >= 11 is 0. The van der Waals surface area contributed by atoms with Crippen LogP contribution in [0.1, 0.15) is 142 Å². The van der Waals surface area contributed by atoms with Crippen molar-refractivity contribution in [2.75, 3.05) is 47.5 Å². The first kappa shape index (κ1) is 56.7. The molecule has 0 aliphatic heterocycles. The van der Waals surface area contributed by atoms with Crippen LogP contribution in [0.3, 0.4) is 0 Å². The molecule has 0 spiro atoms. The number of unbranched alkanes of at least 4 members (excludes halogenated alkanes) is 7. The molecule has 0 bridgehead atoms. The van der Waals surface area contributed by atoms with Crippen LogP contribution in [0.25, 0.3) is 0 Å². The number of rotatable bonds is 39. The van der Waals surface area contributed by atoms with Crippen molar-refractivity contribution in [1.82, 2.24) is 0 Å². The third-order valence-corrected chi connectivity index (χ3v) is 9.78. The zero-order valence-electron chi connectivity index (χ0n) is 38.1. The van der Waals surface area contributed by atoms with Crippen LogP contribution < -0.4 is 0 Å². The van der Waals surface area contributed by atoms with Gasteiger partial charge >= 0.3 is 19.8 Å². The number of ether oxygens (including phenoxy) is 2. The predicted molar refractivity (Wildman–Crippen MR) is 251 cm³/mol. The molecule has 0 aromatic rings. The molecule has 0 saturated carbocycles. The molecule has 9 nitrogen and oxygen atoms in total. The van der Waals surface area contributed by atoms with Gasteiger partial charge in [0.15, 0.2) is 6.10 Å². The molecule has 0 rings (SSSR count). The standard InChI is InChI=1S/C50H82NO8P/c1-6-8-10-12-14-16-18-20-22-24-25-27-29-31-33-35-37-39-41-43-50(53)59-48(47-58-60(54,55)57-45-44-51(3,4)5)46-56-49(52)42-40-38-36-34-32-30-28-26-23-21-19-17-15-13-11-9-7-2/h8-11,14-17,20-23,25,27-28,30-31,33,48H,6-7,12-13,18-19,24,26,29,32,34-47H2,1-5H3/p+1/b10-8-,11-9-,16-14-,17-15-,22-20-,23-21-,27-25-,30-28-,33-31-/t48-/m1/s1. The number of carbonyl (C=O) groups is 2. The second kappa shape index (κ2) is 41.0. The van der Waals surface area contributed by atoms with E-state index >= 15 is 0 Å². The number of esters is 2. The molecule has 2 atom stereocenters. The van der Waals surface area contributed by atoms with Gasteiger partial charge in [0.1, 0.15) is 19.8 Å². The molecule has 60 heavy (non-hydrogen) atoms. The quantitative estimate of drug-likeness (QED) is 0.0214. The second-order valence-electron chi connectivity index (χ2n) is 15.7. The molecule has 10 heteroatoms. The van der Waals surface area contributed by atoms with Crippen LogP contribution in [0.5, 0.6) is 0 Å². The molecule has 0 heterocycles. The fraction of sp³-hybridized carbons (Fsp3) is 0.600. The predicted octanol–water partition coefficient (Wildman–Crippen LogP) is 13.1. The Balaban J connectivity index is 4.48. The molecule has 0 amide bonds. The van der Waals surface area contributed by atoms with E-state index in [1.807, 2.05) is 21.1 Å². The van der Waals surface area contributed by atoms with Gasteiger partial charge in [-0.05, 0) is 96.3 Å². The molecular weight excluding hydrogens is 774 g/mol. The smallest absolute Gasteiger partial charge is 0.462 e. The first-order chi connectivity index (χ1) is 29.0. The number of phosphoric ester groups is 1. The molecule has 0 aromatic heterocycles. The molecule has 0 saturated heterocycles. The van der Waals surface area contributed by atoms with Gasteiger partial charge < -0.3 is 18.9 Å². The van der Waals surface area contributed by atoms with Gasteiger partial charge in [0.05, 0.1) is 27.7 Å². The first-order valence-corrected chi connectivity index (χ1v) is 24.1. The van der Waals surface area contributed by atoms with Crippen LogP contribution in [0.2, 0.25) is 0 Å². The van der Waals surface area contributed by atoms with Gasteiger partial charge in [-0.15, -0.1) is 0 Å². The minimum atomic E-state index is -4.40. The van der Waals surface area contributed by atoms with Gasteiger partial charge in [-0.1, -0.05) is 142 Å². The highest BCUT2D eigenvalue weighted by atomic mass is 31.2. The van der Waals surface area contributed by atoms with Gasteiger partial charge in [-0.3, -0.25) is 18.6 Å². The third kappa shape index (κ3) is 44.2. The highest BCUT2D eigenvalue weighted by molar-refractivity contribution is 7.47. The molecule has 0 aliphatic carbocycles. The zero-order valence-corrected chi connectivity index (χ0v) is 39.0. The maximum atomic E-state index is 12.7. The van der Waals surface area contributed by atoms with E-state index in [1.165, 1.54) is 0 Å². The Bertz CT molecular complexity index is 1380. The van der Waals surface area contributed by atoms with Gasteiger partial charge in [-0.25, -0.2) is 4.57 Å². The van der Waals surface area contributed by atoms with Crippen LogP contribution in [0.15, 0.2) is 109 Å². The van der Waals surface area contributed by atoms with Crippen molar-refractivity contribution in [3.63, 3.8) is 0 Å². The van der Waals surface area contributed by atoms with Crippen molar-refractivity contribution in [2.24, 2.45) is 0 Å². The van der Waals surface area contributed by atoms with Crippen molar-refractivity contribution in [3.8, 4) is 0 Å². The molecule has 0 radical (unpaired) electrons. The van der Waals surface area contributed by atoms with Crippen molar-refractivity contribution >= 4 is 19.8 Å². The van der Waals surface area contributed by atoms with E-state index in [2.05, 4.69) is 123 Å².